The van der Waals surface area contributed by atoms with Gasteiger partial charge in [0.2, 0.25) is 0 Å². The zero-order chi connectivity index (χ0) is 14.5. The lowest BCUT2D eigenvalue weighted by atomic mass is 9.98. The topological polar surface area (TPSA) is 24.5 Å². The molecule has 1 aliphatic rings. The molecule has 1 aliphatic carbocycles. The molecule has 1 N–H and O–H groups in total. The van der Waals surface area contributed by atoms with Gasteiger partial charge >= 0.3 is 0 Å². The van der Waals surface area contributed by atoms with Crippen LogP contribution in [0.15, 0.2) is 18.2 Å². The van der Waals surface area contributed by atoms with E-state index in [1.54, 1.807) is 7.11 Å². The Bertz CT molecular complexity index is 429. The fourth-order valence-corrected chi connectivity index (χ4v) is 2.79. The van der Waals surface area contributed by atoms with E-state index in [-0.39, 0.29) is 0 Å². The van der Waals surface area contributed by atoms with Gasteiger partial charge in [-0.15, -0.1) is 0 Å². The maximum atomic E-state index is 5.25. The molecule has 0 spiro atoms. The summed E-state index contributed by atoms with van der Waals surface area (Å²) < 4.78 is 5.25. The van der Waals surface area contributed by atoms with Crippen molar-refractivity contribution in [1.29, 1.82) is 0 Å². The molecule has 2 rings (SSSR count). The first-order valence-electron chi connectivity index (χ1n) is 7.63. The Kier molecular flexibility index (Phi) is 5.58. The van der Waals surface area contributed by atoms with Gasteiger partial charge in [-0.2, -0.15) is 0 Å². The van der Waals surface area contributed by atoms with Crippen molar-refractivity contribution >= 4 is 0 Å². The third kappa shape index (κ3) is 4.05. The number of benzene rings is 1. The molecule has 112 valence electrons. The van der Waals surface area contributed by atoms with Crippen molar-refractivity contribution in [2.24, 2.45) is 0 Å². The normalized spacial score (nSPS) is 16.6. The molecule has 1 atom stereocenters. The number of aryl methyl sites for hydroxylation is 2. The zero-order valence-electron chi connectivity index (χ0n) is 13.3. The number of rotatable bonds is 8. The number of methoxy groups -OCH3 is 1. The molecule has 0 bridgehead atoms. The Labute approximate surface area is 123 Å². The van der Waals surface area contributed by atoms with Crippen molar-refractivity contribution in [3.63, 3.8) is 0 Å². The van der Waals surface area contributed by atoms with E-state index in [1.807, 2.05) is 0 Å². The summed E-state index contributed by atoms with van der Waals surface area (Å²) >= 11 is 0. The first-order valence-corrected chi connectivity index (χ1v) is 7.63. The van der Waals surface area contributed by atoms with Crippen molar-refractivity contribution in [2.75, 3.05) is 33.9 Å². The number of ether oxygens (including phenoxy) is 1. The molecular formula is C17H28N2O. The van der Waals surface area contributed by atoms with Gasteiger partial charge in [-0.25, -0.2) is 0 Å². The molecule has 3 heteroatoms. The molecule has 1 saturated carbocycles. The summed E-state index contributed by atoms with van der Waals surface area (Å²) in [5.74, 6) is 0. The minimum absolute atomic E-state index is 0.396. The van der Waals surface area contributed by atoms with Crippen LogP contribution in [0.2, 0.25) is 0 Å². The van der Waals surface area contributed by atoms with Crippen LogP contribution in [0.5, 0.6) is 0 Å². The number of hydrogen-bond acceptors (Lipinski definition) is 3. The minimum Gasteiger partial charge on any atom is -0.383 e. The first-order chi connectivity index (χ1) is 9.65. The Hall–Kier alpha value is -0.900. The average Bonchev–Trinajstić information content (AvgIpc) is 3.27. The molecule has 0 heterocycles. The van der Waals surface area contributed by atoms with Crippen molar-refractivity contribution in [3.8, 4) is 0 Å². The standard InChI is InChI=1S/C17H28N2O/c1-13-5-6-14(2)16(11-13)17(18-3)12-19(9-10-20-4)15-7-8-15/h5-6,11,15,17-18H,7-10,12H2,1-4H3. The van der Waals surface area contributed by atoms with E-state index in [0.717, 1.165) is 25.7 Å². The third-order valence-electron chi connectivity index (χ3n) is 4.22. The maximum Gasteiger partial charge on any atom is 0.0589 e. The summed E-state index contributed by atoms with van der Waals surface area (Å²) in [6, 6.07) is 7.90. The predicted molar refractivity (Wildman–Crippen MR) is 84.2 cm³/mol. The van der Waals surface area contributed by atoms with Crippen molar-refractivity contribution in [3.05, 3.63) is 34.9 Å². The Morgan fingerprint density at radius 2 is 2.10 bits per heavy atom. The van der Waals surface area contributed by atoms with Crippen LogP contribution >= 0.6 is 0 Å². The van der Waals surface area contributed by atoms with Crippen LogP contribution in [-0.2, 0) is 4.74 Å². The molecule has 0 saturated heterocycles. The number of likely N-dealkylation sites (N-methyl/N-ethyl adjacent to an activating group) is 1. The summed E-state index contributed by atoms with van der Waals surface area (Å²) in [6.45, 7) is 7.29. The summed E-state index contributed by atoms with van der Waals surface area (Å²) in [5, 5.41) is 3.49. The lowest BCUT2D eigenvalue weighted by Gasteiger charge is -2.28. The molecule has 1 aromatic carbocycles. The highest BCUT2D eigenvalue weighted by atomic mass is 16.5. The molecule has 0 aliphatic heterocycles. The summed E-state index contributed by atoms with van der Waals surface area (Å²) in [6.07, 6.45) is 2.68. The highest BCUT2D eigenvalue weighted by Crippen LogP contribution is 2.29. The van der Waals surface area contributed by atoms with E-state index >= 15 is 0 Å². The first kappa shape index (κ1) is 15.5. The Balaban J connectivity index is 2.08. The van der Waals surface area contributed by atoms with Crippen LogP contribution in [0.1, 0.15) is 35.6 Å². The second-order valence-corrected chi connectivity index (χ2v) is 5.92. The molecule has 0 amide bonds. The number of hydrogen-bond donors (Lipinski definition) is 1. The molecule has 1 aromatic rings. The number of nitrogens with one attached hydrogen (secondary N) is 1. The van der Waals surface area contributed by atoms with Gasteiger partial charge in [-0.1, -0.05) is 23.8 Å². The van der Waals surface area contributed by atoms with E-state index in [1.165, 1.54) is 29.5 Å². The SMILES string of the molecule is CNC(CN(CCOC)C1CC1)c1cc(C)ccc1C. The van der Waals surface area contributed by atoms with Crippen molar-refractivity contribution < 1.29 is 4.74 Å². The van der Waals surface area contributed by atoms with Crippen LogP contribution in [0.3, 0.4) is 0 Å². The van der Waals surface area contributed by atoms with Gasteiger partial charge in [0.15, 0.2) is 0 Å². The highest BCUT2D eigenvalue weighted by Gasteiger charge is 2.30. The van der Waals surface area contributed by atoms with E-state index < -0.39 is 0 Å². The van der Waals surface area contributed by atoms with Crippen molar-refractivity contribution in [2.45, 2.75) is 38.8 Å². The molecule has 3 nitrogen and oxygen atoms in total. The zero-order valence-corrected chi connectivity index (χ0v) is 13.3. The van der Waals surface area contributed by atoms with Crippen molar-refractivity contribution in [1.82, 2.24) is 10.2 Å². The lowest BCUT2D eigenvalue weighted by Crippen LogP contribution is -2.37. The molecular weight excluding hydrogens is 248 g/mol. The Morgan fingerprint density at radius 3 is 2.70 bits per heavy atom. The average molecular weight is 276 g/mol. The van der Waals surface area contributed by atoms with Gasteiger partial charge in [0.1, 0.15) is 0 Å². The fraction of sp³-hybridized carbons (Fsp3) is 0.647. The van der Waals surface area contributed by atoms with Crippen LogP contribution in [0.4, 0.5) is 0 Å². The molecule has 0 aromatic heterocycles. The Morgan fingerprint density at radius 1 is 1.35 bits per heavy atom. The second kappa shape index (κ2) is 7.21. The smallest absolute Gasteiger partial charge is 0.0589 e. The molecule has 1 unspecified atom stereocenters. The van der Waals surface area contributed by atoms with Crippen LogP contribution in [0, 0.1) is 13.8 Å². The predicted octanol–water partition coefficient (Wildman–Crippen LogP) is 2.67. The maximum absolute atomic E-state index is 5.25. The fourth-order valence-electron chi connectivity index (χ4n) is 2.79. The van der Waals surface area contributed by atoms with E-state index in [2.05, 4.69) is 49.3 Å². The van der Waals surface area contributed by atoms with E-state index in [9.17, 15) is 0 Å². The highest BCUT2D eigenvalue weighted by molar-refractivity contribution is 5.33. The van der Waals surface area contributed by atoms with E-state index in [4.69, 9.17) is 4.74 Å². The van der Waals surface area contributed by atoms with Gasteiger partial charge < -0.3 is 10.1 Å². The summed E-state index contributed by atoms with van der Waals surface area (Å²) in [4.78, 5) is 2.58. The van der Waals surface area contributed by atoms with E-state index in [0.29, 0.717) is 6.04 Å². The lowest BCUT2D eigenvalue weighted by molar-refractivity contribution is 0.136. The summed E-state index contributed by atoms with van der Waals surface area (Å²) in [7, 11) is 3.85. The van der Waals surface area contributed by atoms with Crippen LogP contribution in [0.25, 0.3) is 0 Å². The largest absolute Gasteiger partial charge is 0.383 e. The van der Waals surface area contributed by atoms with Gasteiger partial charge in [0, 0.05) is 32.3 Å². The van der Waals surface area contributed by atoms with Gasteiger partial charge in [-0.3, -0.25) is 4.90 Å². The van der Waals surface area contributed by atoms with Gasteiger partial charge in [-0.05, 0) is 44.9 Å². The van der Waals surface area contributed by atoms with Crippen LogP contribution in [-0.4, -0.2) is 44.8 Å². The second-order valence-electron chi connectivity index (χ2n) is 5.92. The minimum atomic E-state index is 0.396. The molecule has 1 fully saturated rings. The number of nitrogens with zero attached hydrogens (tertiary/aromatic N) is 1. The van der Waals surface area contributed by atoms with Gasteiger partial charge in [0.25, 0.3) is 0 Å². The monoisotopic (exact) mass is 276 g/mol. The molecule has 0 radical (unpaired) electrons. The van der Waals surface area contributed by atoms with Crippen LogP contribution < -0.4 is 5.32 Å². The molecule has 20 heavy (non-hydrogen) atoms. The van der Waals surface area contributed by atoms with Gasteiger partial charge in [0.05, 0.1) is 6.61 Å². The summed E-state index contributed by atoms with van der Waals surface area (Å²) in [5.41, 5.74) is 4.13. The third-order valence-corrected chi connectivity index (χ3v) is 4.22. The quantitative estimate of drug-likeness (QED) is 0.790.